The number of alkyl halides is 1. The molecule has 1 amide bonds. The molecule has 0 aliphatic rings. The van der Waals surface area contributed by atoms with E-state index in [9.17, 15) is 9.18 Å². The summed E-state index contributed by atoms with van der Waals surface area (Å²) in [5, 5.41) is 0. The fourth-order valence-corrected chi connectivity index (χ4v) is 1.70. The number of nitrogens with zero attached hydrogens (tertiary/aromatic N) is 1. The van der Waals surface area contributed by atoms with E-state index in [0.29, 0.717) is 24.2 Å². The maximum atomic E-state index is 13.4. The lowest BCUT2D eigenvalue weighted by Gasteiger charge is -2.18. The van der Waals surface area contributed by atoms with Crippen LogP contribution in [0.25, 0.3) is 0 Å². The van der Waals surface area contributed by atoms with Gasteiger partial charge in [0, 0.05) is 24.2 Å². The Morgan fingerprint density at radius 1 is 1.38 bits per heavy atom. The topological polar surface area (TPSA) is 20.3 Å². The molecule has 1 rings (SSSR count). The second-order valence-electron chi connectivity index (χ2n) is 3.42. The SMILES string of the molecule is CCN(CC)C(=O)c1ccc(CCl)c(F)c1. The van der Waals surface area contributed by atoms with Crippen LogP contribution in [0.2, 0.25) is 0 Å². The predicted octanol–water partition coefficient (Wildman–Crippen LogP) is 3.05. The first-order valence-corrected chi connectivity index (χ1v) is 5.81. The van der Waals surface area contributed by atoms with Gasteiger partial charge in [-0.3, -0.25) is 4.79 Å². The summed E-state index contributed by atoms with van der Waals surface area (Å²) in [5.74, 6) is -0.455. The molecule has 88 valence electrons. The number of amides is 1. The van der Waals surface area contributed by atoms with E-state index >= 15 is 0 Å². The Morgan fingerprint density at radius 2 is 2.00 bits per heavy atom. The van der Waals surface area contributed by atoms with E-state index in [1.165, 1.54) is 6.07 Å². The molecule has 0 bridgehead atoms. The van der Waals surface area contributed by atoms with Gasteiger partial charge in [-0.25, -0.2) is 4.39 Å². The van der Waals surface area contributed by atoms with Crippen LogP contribution >= 0.6 is 11.6 Å². The molecule has 1 aromatic carbocycles. The molecule has 0 saturated carbocycles. The van der Waals surface area contributed by atoms with Crippen molar-refractivity contribution in [2.45, 2.75) is 19.7 Å². The van der Waals surface area contributed by atoms with E-state index in [1.54, 1.807) is 17.0 Å². The predicted molar refractivity (Wildman–Crippen MR) is 63.2 cm³/mol. The second kappa shape index (κ2) is 5.85. The van der Waals surface area contributed by atoms with Crippen LogP contribution in [0, 0.1) is 5.82 Å². The van der Waals surface area contributed by atoms with Crippen molar-refractivity contribution >= 4 is 17.5 Å². The molecule has 1 aromatic rings. The third kappa shape index (κ3) is 2.73. The maximum absolute atomic E-state index is 13.4. The first kappa shape index (κ1) is 13.0. The Labute approximate surface area is 100 Å². The molecule has 16 heavy (non-hydrogen) atoms. The maximum Gasteiger partial charge on any atom is 0.253 e. The van der Waals surface area contributed by atoms with Crippen LogP contribution in [-0.4, -0.2) is 23.9 Å². The summed E-state index contributed by atoms with van der Waals surface area (Å²) in [6.07, 6.45) is 0. The normalized spacial score (nSPS) is 10.2. The fraction of sp³-hybridized carbons (Fsp3) is 0.417. The third-order valence-electron chi connectivity index (χ3n) is 2.49. The molecule has 0 aliphatic carbocycles. The van der Waals surface area contributed by atoms with Crippen LogP contribution in [0.3, 0.4) is 0 Å². The highest BCUT2D eigenvalue weighted by Gasteiger charge is 2.14. The fourth-order valence-electron chi connectivity index (χ4n) is 1.48. The summed E-state index contributed by atoms with van der Waals surface area (Å²) in [4.78, 5) is 13.5. The van der Waals surface area contributed by atoms with Gasteiger partial charge in [0.15, 0.2) is 0 Å². The average Bonchev–Trinajstić information content (AvgIpc) is 2.30. The molecule has 0 atom stereocenters. The van der Waals surface area contributed by atoms with Crippen LogP contribution in [0.15, 0.2) is 18.2 Å². The molecule has 0 fully saturated rings. The van der Waals surface area contributed by atoms with Crippen LogP contribution < -0.4 is 0 Å². The summed E-state index contributed by atoms with van der Waals surface area (Å²) >= 11 is 5.55. The first-order valence-electron chi connectivity index (χ1n) is 5.27. The van der Waals surface area contributed by atoms with Gasteiger partial charge in [-0.05, 0) is 26.0 Å². The van der Waals surface area contributed by atoms with E-state index in [0.717, 1.165) is 0 Å². The van der Waals surface area contributed by atoms with Gasteiger partial charge in [-0.15, -0.1) is 11.6 Å². The molecule has 0 aromatic heterocycles. The van der Waals surface area contributed by atoms with Crippen LogP contribution in [0.4, 0.5) is 4.39 Å². The number of hydrogen-bond donors (Lipinski definition) is 0. The average molecular weight is 244 g/mol. The lowest BCUT2D eigenvalue weighted by Crippen LogP contribution is -2.30. The molecular formula is C12H15ClFNO. The van der Waals surface area contributed by atoms with Gasteiger partial charge in [0.05, 0.1) is 5.88 Å². The zero-order valence-corrected chi connectivity index (χ0v) is 10.2. The van der Waals surface area contributed by atoms with Crippen molar-refractivity contribution in [2.75, 3.05) is 13.1 Å². The Kier molecular flexibility index (Phi) is 4.74. The molecule has 0 heterocycles. The minimum atomic E-state index is -0.423. The number of carbonyl (C=O) groups excluding carboxylic acids is 1. The van der Waals surface area contributed by atoms with Crippen molar-refractivity contribution in [2.24, 2.45) is 0 Å². The Hall–Kier alpha value is -1.09. The smallest absolute Gasteiger partial charge is 0.253 e. The van der Waals surface area contributed by atoms with Crippen molar-refractivity contribution in [3.63, 3.8) is 0 Å². The van der Waals surface area contributed by atoms with E-state index in [4.69, 9.17) is 11.6 Å². The monoisotopic (exact) mass is 243 g/mol. The molecule has 0 spiro atoms. The molecule has 2 nitrogen and oxygen atoms in total. The Bertz CT molecular complexity index is 377. The van der Waals surface area contributed by atoms with Gasteiger partial charge < -0.3 is 4.90 Å². The lowest BCUT2D eigenvalue weighted by molar-refractivity contribution is 0.0772. The highest BCUT2D eigenvalue weighted by Crippen LogP contribution is 2.14. The molecule has 0 N–H and O–H groups in total. The highest BCUT2D eigenvalue weighted by molar-refractivity contribution is 6.17. The molecule has 4 heteroatoms. The van der Waals surface area contributed by atoms with Gasteiger partial charge in [0.1, 0.15) is 5.82 Å². The largest absolute Gasteiger partial charge is 0.339 e. The second-order valence-corrected chi connectivity index (χ2v) is 3.68. The van der Waals surface area contributed by atoms with Gasteiger partial charge in [-0.2, -0.15) is 0 Å². The number of halogens is 2. The number of rotatable bonds is 4. The summed E-state index contributed by atoms with van der Waals surface area (Å²) in [7, 11) is 0. The quantitative estimate of drug-likeness (QED) is 0.745. The van der Waals surface area contributed by atoms with Crippen molar-refractivity contribution in [1.29, 1.82) is 0 Å². The minimum Gasteiger partial charge on any atom is -0.339 e. The minimum absolute atomic E-state index is 0.117. The van der Waals surface area contributed by atoms with Crippen LogP contribution in [0.5, 0.6) is 0 Å². The van der Waals surface area contributed by atoms with E-state index in [-0.39, 0.29) is 11.8 Å². The number of carbonyl (C=O) groups is 1. The van der Waals surface area contributed by atoms with E-state index in [1.807, 2.05) is 13.8 Å². The zero-order chi connectivity index (χ0) is 12.1. The van der Waals surface area contributed by atoms with Crippen molar-refractivity contribution in [3.8, 4) is 0 Å². The standard InChI is InChI=1S/C12H15ClFNO/c1-3-15(4-2)12(16)9-5-6-10(8-13)11(14)7-9/h5-7H,3-4,8H2,1-2H3. The van der Waals surface area contributed by atoms with Crippen molar-refractivity contribution < 1.29 is 9.18 Å². The van der Waals surface area contributed by atoms with Gasteiger partial charge in [0.2, 0.25) is 0 Å². The summed E-state index contributed by atoms with van der Waals surface area (Å²) in [5.41, 5.74) is 0.785. The molecule has 0 unspecified atom stereocenters. The molecule has 0 radical (unpaired) electrons. The highest BCUT2D eigenvalue weighted by atomic mass is 35.5. The lowest BCUT2D eigenvalue weighted by atomic mass is 10.1. The number of hydrogen-bond acceptors (Lipinski definition) is 1. The molecule has 0 saturated heterocycles. The Morgan fingerprint density at radius 3 is 2.44 bits per heavy atom. The summed E-state index contributed by atoms with van der Waals surface area (Å²) in [6, 6.07) is 4.42. The van der Waals surface area contributed by atoms with Crippen molar-refractivity contribution in [3.05, 3.63) is 35.1 Å². The van der Waals surface area contributed by atoms with Crippen LogP contribution in [0.1, 0.15) is 29.8 Å². The van der Waals surface area contributed by atoms with E-state index in [2.05, 4.69) is 0 Å². The third-order valence-corrected chi connectivity index (χ3v) is 2.78. The summed E-state index contributed by atoms with van der Waals surface area (Å²) in [6.45, 7) is 5.03. The molecule has 0 aliphatic heterocycles. The zero-order valence-electron chi connectivity index (χ0n) is 9.46. The number of benzene rings is 1. The van der Waals surface area contributed by atoms with E-state index < -0.39 is 5.82 Å². The first-order chi connectivity index (χ1) is 7.63. The summed E-state index contributed by atoms with van der Waals surface area (Å²) < 4.78 is 13.4. The van der Waals surface area contributed by atoms with Crippen molar-refractivity contribution in [1.82, 2.24) is 4.90 Å². The van der Waals surface area contributed by atoms with Crippen LogP contribution in [-0.2, 0) is 5.88 Å². The van der Waals surface area contributed by atoms with Gasteiger partial charge in [-0.1, -0.05) is 6.07 Å². The Balaban J connectivity index is 2.96. The molecular weight excluding hydrogens is 229 g/mol. The van der Waals surface area contributed by atoms with Gasteiger partial charge in [0.25, 0.3) is 5.91 Å². The van der Waals surface area contributed by atoms with Gasteiger partial charge >= 0.3 is 0 Å².